The summed E-state index contributed by atoms with van der Waals surface area (Å²) in [6.07, 6.45) is 0.547. The molecule has 0 fully saturated rings. The van der Waals surface area contributed by atoms with E-state index in [-0.39, 0.29) is 5.56 Å². The van der Waals surface area contributed by atoms with Gasteiger partial charge in [0.15, 0.2) is 0 Å². The molecule has 2 aromatic heterocycles. The first-order chi connectivity index (χ1) is 9.15. The highest BCUT2D eigenvalue weighted by atomic mass is 35.5. The quantitative estimate of drug-likeness (QED) is 0.673. The fraction of sp³-hybridized carbons (Fsp3) is 0.286. The third kappa shape index (κ3) is 1.67. The van der Waals surface area contributed by atoms with Crippen molar-refractivity contribution in [1.82, 2.24) is 14.0 Å². The summed E-state index contributed by atoms with van der Waals surface area (Å²) in [5.74, 6) is 1.09. The molecule has 0 aliphatic rings. The summed E-state index contributed by atoms with van der Waals surface area (Å²) in [7, 11) is 1.92. The topological polar surface area (TPSA) is 39.3 Å². The fourth-order valence-corrected chi connectivity index (χ4v) is 2.71. The summed E-state index contributed by atoms with van der Waals surface area (Å²) in [4.78, 5) is 17.2. The maximum atomic E-state index is 12.6. The number of hydrogen-bond donors (Lipinski definition) is 0. The van der Waals surface area contributed by atoms with E-state index in [9.17, 15) is 4.79 Å². The second-order valence-electron chi connectivity index (χ2n) is 4.60. The van der Waals surface area contributed by atoms with Crippen LogP contribution in [0.25, 0.3) is 16.8 Å². The van der Waals surface area contributed by atoms with Crippen molar-refractivity contribution in [2.24, 2.45) is 7.05 Å². The molecule has 0 radical (unpaired) electrons. The molecule has 0 aliphatic carbocycles. The number of imidazole rings is 1. The third-order valence-electron chi connectivity index (χ3n) is 3.49. The van der Waals surface area contributed by atoms with E-state index in [1.807, 2.05) is 42.8 Å². The highest BCUT2D eigenvalue weighted by Crippen LogP contribution is 2.17. The Hall–Kier alpha value is -1.81. The van der Waals surface area contributed by atoms with Crippen molar-refractivity contribution in [2.45, 2.75) is 13.3 Å². The number of rotatable bonds is 2. The molecule has 5 heteroatoms. The van der Waals surface area contributed by atoms with Crippen LogP contribution in [0, 0.1) is 6.92 Å². The molecule has 98 valence electrons. The average Bonchev–Trinajstić information content (AvgIpc) is 2.69. The normalized spacial score (nSPS) is 11.5. The summed E-state index contributed by atoms with van der Waals surface area (Å²) >= 11 is 5.77. The standard InChI is InChI=1S/C14H14ClN3O/c1-9-10(7-8-15)13(19)18-12-6-4-3-5-11(12)17(2)14(18)16-9/h3-6H,7-8H2,1-2H3. The van der Waals surface area contributed by atoms with Crippen molar-refractivity contribution < 1.29 is 0 Å². The average molecular weight is 276 g/mol. The first kappa shape index (κ1) is 12.2. The van der Waals surface area contributed by atoms with Crippen LogP contribution in [-0.4, -0.2) is 19.8 Å². The van der Waals surface area contributed by atoms with Gasteiger partial charge in [-0.15, -0.1) is 11.6 Å². The highest BCUT2D eigenvalue weighted by Gasteiger charge is 2.15. The fourth-order valence-electron chi connectivity index (χ4n) is 2.52. The summed E-state index contributed by atoms with van der Waals surface area (Å²) in [5.41, 5.74) is 3.32. The van der Waals surface area contributed by atoms with Crippen molar-refractivity contribution in [3.05, 3.63) is 45.9 Å². The van der Waals surface area contributed by atoms with E-state index >= 15 is 0 Å². The van der Waals surface area contributed by atoms with Gasteiger partial charge in [-0.05, 0) is 25.5 Å². The van der Waals surface area contributed by atoms with E-state index in [0.29, 0.717) is 23.6 Å². The zero-order valence-electron chi connectivity index (χ0n) is 10.9. The van der Waals surface area contributed by atoms with E-state index < -0.39 is 0 Å². The van der Waals surface area contributed by atoms with Gasteiger partial charge in [0.25, 0.3) is 5.56 Å². The molecule has 0 amide bonds. The Kier molecular flexibility index (Phi) is 2.82. The Balaban J connectivity index is 2.55. The third-order valence-corrected chi connectivity index (χ3v) is 3.68. The van der Waals surface area contributed by atoms with Gasteiger partial charge in [0.1, 0.15) is 0 Å². The molecule has 0 N–H and O–H groups in total. The lowest BCUT2D eigenvalue weighted by Gasteiger charge is -2.04. The number of nitrogens with zero attached hydrogens (tertiary/aromatic N) is 3. The van der Waals surface area contributed by atoms with E-state index in [4.69, 9.17) is 11.6 Å². The molecule has 0 aliphatic heterocycles. The molecule has 3 rings (SSSR count). The Morgan fingerprint density at radius 3 is 2.63 bits per heavy atom. The van der Waals surface area contributed by atoms with Crippen LogP contribution in [0.4, 0.5) is 0 Å². The van der Waals surface area contributed by atoms with Crippen molar-refractivity contribution in [2.75, 3.05) is 5.88 Å². The lowest BCUT2D eigenvalue weighted by molar-refractivity contribution is 0.895. The Labute approximate surface area is 115 Å². The molecule has 0 bridgehead atoms. The van der Waals surface area contributed by atoms with Crippen LogP contribution < -0.4 is 5.56 Å². The molecule has 4 nitrogen and oxygen atoms in total. The van der Waals surface area contributed by atoms with Crippen molar-refractivity contribution in [1.29, 1.82) is 0 Å². The molecule has 19 heavy (non-hydrogen) atoms. The smallest absolute Gasteiger partial charge is 0.263 e. The second kappa shape index (κ2) is 4.38. The predicted molar refractivity (Wildman–Crippen MR) is 77.1 cm³/mol. The molecular formula is C14H14ClN3O. The van der Waals surface area contributed by atoms with E-state index in [2.05, 4.69) is 4.98 Å². The van der Waals surface area contributed by atoms with Gasteiger partial charge in [-0.3, -0.25) is 4.79 Å². The number of halogens is 1. The number of para-hydroxylation sites is 2. The molecule has 3 aromatic rings. The van der Waals surface area contributed by atoms with Crippen LogP contribution in [0.5, 0.6) is 0 Å². The maximum absolute atomic E-state index is 12.6. The maximum Gasteiger partial charge on any atom is 0.263 e. The monoisotopic (exact) mass is 275 g/mol. The van der Waals surface area contributed by atoms with Crippen LogP contribution in [0.2, 0.25) is 0 Å². The van der Waals surface area contributed by atoms with Crippen molar-refractivity contribution in [3.8, 4) is 0 Å². The lowest BCUT2D eigenvalue weighted by atomic mass is 10.2. The van der Waals surface area contributed by atoms with Gasteiger partial charge in [-0.25, -0.2) is 9.38 Å². The van der Waals surface area contributed by atoms with Crippen molar-refractivity contribution >= 4 is 28.4 Å². The highest BCUT2D eigenvalue weighted by molar-refractivity contribution is 6.18. The minimum atomic E-state index is -0.0139. The molecule has 0 spiro atoms. The van der Waals surface area contributed by atoms with Crippen LogP contribution in [0.1, 0.15) is 11.3 Å². The van der Waals surface area contributed by atoms with Gasteiger partial charge in [0.2, 0.25) is 5.78 Å². The zero-order valence-corrected chi connectivity index (χ0v) is 11.6. The second-order valence-corrected chi connectivity index (χ2v) is 4.98. The first-order valence-electron chi connectivity index (χ1n) is 6.16. The van der Waals surface area contributed by atoms with Gasteiger partial charge in [0, 0.05) is 18.5 Å². The Bertz CT molecular complexity index is 832. The largest absolute Gasteiger partial charge is 0.313 e. The Morgan fingerprint density at radius 1 is 1.26 bits per heavy atom. The number of alkyl halides is 1. The molecule has 0 atom stereocenters. The minimum Gasteiger partial charge on any atom is -0.313 e. The molecule has 2 heterocycles. The van der Waals surface area contributed by atoms with Crippen LogP contribution in [-0.2, 0) is 13.5 Å². The predicted octanol–water partition coefficient (Wildman–Crippen LogP) is 2.28. The van der Waals surface area contributed by atoms with Crippen molar-refractivity contribution in [3.63, 3.8) is 0 Å². The number of benzene rings is 1. The lowest BCUT2D eigenvalue weighted by Crippen LogP contribution is -2.21. The molecule has 0 saturated heterocycles. The van der Waals surface area contributed by atoms with Gasteiger partial charge in [-0.1, -0.05) is 12.1 Å². The number of aryl methyl sites for hydroxylation is 2. The zero-order chi connectivity index (χ0) is 13.6. The summed E-state index contributed by atoms with van der Waals surface area (Å²) < 4.78 is 3.61. The van der Waals surface area contributed by atoms with Crippen LogP contribution in [0.3, 0.4) is 0 Å². The van der Waals surface area contributed by atoms with Gasteiger partial charge >= 0.3 is 0 Å². The molecule has 0 unspecified atom stereocenters. The van der Waals surface area contributed by atoms with E-state index in [1.165, 1.54) is 0 Å². The summed E-state index contributed by atoms with van der Waals surface area (Å²) in [5, 5.41) is 0. The van der Waals surface area contributed by atoms with Gasteiger partial charge < -0.3 is 4.57 Å². The minimum absolute atomic E-state index is 0.0139. The Morgan fingerprint density at radius 2 is 1.95 bits per heavy atom. The van der Waals surface area contributed by atoms with Gasteiger partial charge in [-0.2, -0.15) is 0 Å². The van der Waals surface area contributed by atoms with E-state index in [1.54, 1.807) is 4.40 Å². The number of fused-ring (bicyclic) bond motifs is 3. The van der Waals surface area contributed by atoms with Crippen LogP contribution >= 0.6 is 11.6 Å². The first-order valence-corrected chi connectivity index (χ1v) is 6.70. The number of aromatic nitrogens is 3. The molecule has 0 saturated carbocycles. The molecule has 1 aromatic carbocycles. The number of hydrogen-bond acceptors (Lipinski definition) is 2. The molecular weight excluding hydrogens is 262 g/mol. The van der Waals surface area contributed by atoms with Gasteiger partial charge in [0.05, 0.1) is 16.7 Å². The van der Waals surface area contributed by atoms with E-state index in [0.717, 1.165) is 16.7 Å². The summed E-state index contributed by atoms with van der Waals surface area (Å²) in [6.45, 7) is 1.86. The summed E-state index contributed by atoms with van der Waals surface area (Å²) in [6, 6.07) is 7.80. The van der Waals surface area contributed by atoms with Crippen LogP contribution in [0.15, 0.2) is 29.1 Å². The SMILES string of the molecule is Cc1nc2n(C)c3ccccc3n2c(=O)c1CCCl.